The summed E-state index contributed by atoms with van der Waals surface area (Å²) < 4.78 is 15.1. The fourth-order valence-corrected chi connectivity index (χ4v) is 4.79. The quantitative estimate of drug-likeness (QED) is 0.666. The van der Waals surface area contributed by atoms with Gasteiger partial charge in [-0.05, 0) is 50.2 Å². The molecule has 0 atom stereocenters. The van der Waals surface area contributed by atoms with Gasteiger partial charge in [0.25, 0.3) is 5.91 Å². The smallest absolute Gasteiger partial charge is 0.253 e. The summed E-state index contributed by atoms with van der Waals surface area (Å²) in [5, 5.41) is 2.99. The standard InChI is InChI=1S/C24H25FN6O/c1-30-8-10-31(11-9-30)15-2-3-16(18(25)12-15)22-26-7-4-19(29-22)20-13-17-21(28-20)24(5-6-24)14-27-23(17)32/h2-4,7,12-13,28H,5-6,8-11,14H2,1H3,(H,27,32). The van der Waals surface area contributed by atoms with Gasteiger partial charge in [0.1, 0.15) is 5.82 Å². The molecule has 1 spiro atoms. The van der Waals surface area contributed by atoms with Crippen molar-refractivity contribution in [1.82, 2.24) is 25.2 Å². The Balaban J connectivity index is 1.31. The molecule has 3 aromatic rings. The summed E-state index contributed by atoms with van der Waals surface area (Å²) in [7, 11) is 2.10. The minimum absolute atomic E-state index is 0.0442. The minimum atomic E-state index is -0.333. The van der Waals surface area contributed by atoms with Crippen LogP contribution in [0.1, 0.15) is 28.9 Å². The molecule has 0 radical (unpaired) electrons. The van der Waals surface area contributed by atoms with E-state index in [4.69, 9.17) is 0 Å². The van der Waals surface area contributed by atoms with Crippen LogP contribution in [0, 0.1) is 5.82 Å². The molecule has 2 aliphatic heterocycles. The number of aromatic nitrogens is 3. The normalized spacial score (nSPS) is 19.7. The van der Waals surface area contributed by atoms with Crippen molar-refractivity contribution in [3.63, 3.8) is 0 Å². The van der Waals surface area contributed by atoms with Crippen molar-refractivity contribution in [2.45, 2.75) is 18.3 Å². The van der Waals surface area contributed by atoms with Gasteiger partial charge in [-0.3, -0.25) is 4.79 Å². The summed E-state index contributed by atoms with van der Waals surface area (Å²) in [5.74, 6) is -0.0522. The molecule has 4 heterocycles. The number of fused-ring (bicyclic) bond motifs is 2. The van der Waals surface area contributed by atoms with Crippen LogP contribution in [0.4, 0.5) is 10.1 Å². The van der Waals surface area contributed by atoms with E-state index in [1.165, 1.54) is 0 Å². The molecule has 0 bridgehead atoms. The molecule has 6 rings (SSSR count). The molecule has 1 saturated heterocycles. The number of carbonyl (C=O) groups excluding carboxylic acids is 1. The fraction of sp³-hybridized carbons (Fsp3) is 0.375. The Labute approximate surface area is 185 Å². The summed E-state index contributed by atoms with van der Waals surface area (Å²) in [6, 6.07) is 8.91. The molecule has 3 aliphatic rings. The lowest BCUT2D eigenvalue weighted by molar-refractivity contribution is 0.0937. The highest BCUT2D eigenvalue weighted by Crippen LogP contribution is 2.50. The predicted octanol–water partition coefficient (Wildman–Crippen LogP) is 2.80. The van der Waals surface area contributed by atoms with Crippen molar-refractivity contribution in [3.05, 3.63) is 53.6 Å². The number of H-pyrrole nitrogens is 1. The molecule has 1 aliphatic carbocycles. The largest absolute Gasteiger partial charge is 0.369 e. The molecular formula is C24H25FN6O. The molecule has 1 aromatic carbocycles. The van der Waals surface area contributed by atoms with Gasteiger partial charge in [-0.15, -0.1) is 0 Å². The van der Waals surface area contributed by atoms with Crippen molar-refractivity contribution >= 4 is 11.6 Å². The van der Waals surface area contributed by atoms with Crippen LogP contribution in [0.5, 0.6) is 0 Å². The predicted molar refractivity (Wildman–Crippen MR) is 120 cm³/mol. The van der Waals surface area contributed by atoms with Gasteiger partial charge in [0.15, 0.2) is 5.82 Å². The van der Waals surface area contributed by atoms with E-state index >= 15 is 4.39 Å². The highest BCUT2D eigenvalue weighted by atomic mass is 19.1. The molecule has 1 amide bonds. The topological polar surface area (TPSA) is 77.1 Å². The van der Waals surface area contributed by atoms with Crippen LogP contribution in [-0.2, 0) is 5.41 Å². The van der Waals surface area contributed by atoms with Crippen LogP contribution < -0.4 is 10.2 Å². The summed E-state index contributed by atoms with van der Waals surface area (Å²) in [6.07, 6.45) is 3.78. The molecule has 7 nitrogen and oxygen atoms in total. The van der Waals surface area contributed by atoms with Gasteiger partial charge in [-0.1, -0.05) is 0 Å². The van der Waals surface area contributed by atoms with E-state index in [0.29, 0.717) is 29.2 Å². The molecule has 32 heavy (non-hydrogen) atoms. The number of piperazine rings is 1. The van der Waals surface area contributed by atoms with Gasteiger partial charge < -0.3 is 20.1 Å². The Kier molecular flexibility index (Phi) is 4.33. The molecule has 164 valence electrons. The van der Waals surface area contributed by atoms with E-state index in [1.54, 1.807) is 24.4 Å². The SMILES string of the molecule is CN1CCN(c2ccc(-c3nccc(-c4cc5c([nH]4)C4(CC4)CNC5=O)n3)c(F)c2)CC1. The number of benzene rings is 1. The molecule has 2 N–H and O–H groups in total. The second-order valence-corrected chi connectivity index (χ2v) is 9.15. The van der Waals surface area contributed by atoms with E-state index in [9.17, 15) is 4.79 Å². The number of hydrogen-bond acceptors (Lipinski definition) is 5. The fourth-order valence-electron chi connectivity index (χ4n) is 4.79. The summed E-state index contributed by atoms with van der Waals surface area (Å²) in [4.78, 5) is 29.2. The second-order valence-electron chi connectivity index (χ2n) is 9.15. The van der Waals surface area contributed by atoms with Crippen molar-refractivity contribution in [3.8, 4) is 22.8 Å². The zero-order chi connectivity index (χ0) is 21.9. The van der Waals surface area contributed by atoms with E-state index in [0.717, 1.165) is 56.1 Å². The highest BCUT2D eigenvalue weighted by molar-refractivity contribution is 5.98. The third-order valence-corrected chi connectivity index (χ3v) is 7.03. The number of rotatable bonds is 3. The van der Waals surface area contributed by atoms with E-state index in [1.807, 2.05) is 12.1 Å². The van der Waals surface area contributed by atoms with E-state index < -0.39 is 0 Å². The first-order valence-electron chi connectivity index (χ1n) is 11.1. The molecular weight excluding hydrogens is 407 g/mol. The average Bonchev–Trinajstić information content (AvgIpc) is 3.43. The molecule has 2 aromatic heterocycles. The lowest BCUT2D eigenvalue weighted by Crippen LogP contribution is -2.44. The minimum Gasteiger partial charge on any atom is -0.369 e. The zero-order valence-electron chi connectivity index (χ0n) is 18.0. The number of hydrogen-bond donors (Lipinski definition) is 2. The van der Waals surface area contributed by atoms with Crippen LogP contribution in [0.3, 0.4) is 0 Å². The van der Waals surface area contributed by atoms with Crippen molar-refractivity contribution < 1.29 is 9.18 Å². The summed E-state index contributed by atoms with van der Waals surface area (Å²) in [6.45, 7) is 4.38. The number of amides is 1. The first kappa shape index (κ1) is 19.4. The van der Waals surface area contributed by atoms with Crippen LogP contribution in [0.15, 0.2) is 36.5 Å². The third-order valence-electron chi connectivity index (χ3n) is 7.03. The van der Waals surface area contributed by atoms with Gasteiger partial charge in [0.05, 0.1) is 22.5 Å². The van der Waals surface area contributed by atoms with Gasteiger partial charge in [-0.25, -0.2) is 14.4 Å². The maximum absolute atomic E-state index is 15.1. The number of nitrogens with one attached hydrogen (secondary N) is 2. The monoisotopic (exact) mass is 432 g/mol. The molecule has 8 heteroatoms. The van der Waals surface area contributed by atoms with Crippen molar-refractivity contribution in [2.75, 3.05) is 44.7 Å². The number of carbonyl (C=O) groups is 1. The summed E-state index contributed by atoms with van der Waals surface area (Å²) >= 11 is 0. The number of nitrogens with zero attached hydrogens (tertiary/aromatic N) is 4. The van der Waals surface area contributed by atoms with Gasteiger partial charge in [0.2, 0.25) is 0 Å². The first-order valence-corrected chi connectivity index (χ1v) is 11.1. The van der Waals surface area contributed by atoms with Gasteiger partial charge in [0, 0.05) is 55.7 Å². The Morgan fingerprint density at radius 2 is 1.88 bits per heavy atom. The van der Waals surface area contributed by atoms with Gasteiger partial charge >= 0.3 is 0 Å². The first-order chi connectivity index (χ1) is 15.5. The number of anilines is 1. The van der Waals surface area contributed by atoms with Crippen LogP contribution in [0.25, 0.3) is 22.8 Å². The maximum Gasteiger partial charge on any atom is 0.253 e. The number of halogens is 1. The lowest BCUT2D eigenvalue weighted by atomic mass is 9.95. The van der Waals surface area contributed by atoms with Crippen molar-refractivity contribution in [1.29, 1.82) is 0 Å². The molecule has 2 fully saturated rings. The Hall–Kier alpha value is -3.26. The van der Waals surface area contributed by atoms with E-state index in [-0.39, 0.29) is 17.1 Å². The van der Waals surface area contributed by atoms with E-state index in [2.05, 4.69) is 37.1 Å². The van der Waals surface area contributed by atoms with Gasteiger partial charge in [-0.2, -0.15) is 0 Å². The summed E-state index contributed by atoms with van der Waals surface area (Å²) in [5.41, 5.74) is 4.39. The Morgan fingerprint density at radius 1 is 1.06 bits per heavy atom. The maximum atomic E-state index is 15.1. The molecule has 0 unspecified atom stereocenters. The Morgan fingerprint density at radius 3 is 2.62 bits per heavy atom. The average molecular weight is 433 g/mol. The van der Waals surface area contributed by atoms with Crippen LogP contribution in [0.2, 0.25) is 0 Å². The lowest BCUT2D eigenvalue weighted by Gasteiger charge is -2.34. The second kappa shape index (κ2) is 7.13. The number of likely N-dealkylation sites (N-methyl/N-ethyl adjacent to an activating group) is 1. The van der Waals surface area contributed by atoms with Crippen LogP contribution >= 0.6 is 0 Å². The number of aromatic amines is 1. The highest BCUT2D eigenvalue weighted by Gasteiger charge is 2.50. The third kappa shape index (κ3) is 3.17. The van der Waals surface area contributed by atoms with Crippen molar-refractivity contribution in [2.24, 2.45) is 0 Å². The molecule has 1 saturated carbocycles. The zero-order valence-corrected chi connectivity index (χ0v) is 18.0. The Bertz CT molecular complexity index is 1210. The van der Waals surface area contributed by atoms with Crippen LogP contribution in [-0.4, -0.2) is 65.5 Å².